The number of aryl methyl sites for hydroxylation is 1. The van der Waals surface area contributed by atoms with Gasteiger partial charge in [0.15, 0.2) is 0 Å². The van der Waals surface area contributed by atoms with Crippen LogP contribution in [0.25, 0.3) is 11.1 Å². The largest absolute Gasteiger partial charge is 0.352 e. The van der Waals surface area contributed by atoms with Crippen molar-refractivity contribution in [2.75, 3.05) is 18.0 Å². The summed E-state index contributed by atoms with van der Waals surface area (Å²) in [6, 6.07) is 0.896. The molecule has 1 aliphatic rings. The monoisotopic (exact) mass is 275 g/mol. The van der Waals surface area contributed by atoms with Gasteiger partial charge in [0.05, 0.1) is 5.69 Å². The molecule has 0 aromatic carbocycles. The number of hydrogen-bond acceptors (Lipinski definition) is 6. The number of aromatic nitrogens is 3. The van der Waals surface area contributed by atoms with Gasteiger partial charge in [-0.05, 0) is 40.2 Å². The molecule has 1 saturated heterocycles. The molecule has 0 saturated carbocycles. The fourth-order valence-electron chi connectivity index (χ4n) is 2.81. The van der Waals surface area contributed by atoms with Crippen molar-refractivity contribution in [3.05, 3.63) is 12.0 Å². The zero-order valence-electron chi connectivity index (χ0n) is 12.3. The first-order valence-corrected chi connectivity index (χ1v) is 7.24. The summed E-state index contributed by atoms with van der Waals surface area (Å²) in [4.78, 5) is 11.0. The number of rotatable bonds is 4. The van der Waals surface area contributed by atoms with Gasteiger partial charge in [0.1, 0.15) is 17.5 Å². The van der Waals surface area contributed by atoms with Gasteiger partial charge >= 0.3 is 0 Å². The molecular formula is C14H21N5O. The second-order valence-corrected chi connectivity index (χ2v) is 5.68. The summed E-state index contributed by atoms with van der Waals surface area (Å²) in [6.07, 6.45) is 4.03. The lowest BCUT2D eigenvalue weighted by molar-refractivity contribution is 0.442. The van der Waals surface area contributed by atoms with E-state index in [-0.39, 0.29) is 0 Å². The summed E-state index contributed by atoms with van der Waals surface area (Å²) < 4.78 is 5.25. The zero-order chi connectivity index (χ0) is 14.1. The van der Waals surface area contributed by atoms with Gasteiger partial charge in [0.25, 0.3) is 5.71 Å². The van der Waals surface area contributed by atoms with Crippen LogP contribution in [0.2, 0.25) is 0 Å². The minimum Gasteiger partial charge on any atom is -0.352 e. The Morgan fingerprint density at radius 2 is 2.30 bits per heavy atom. The van der Waals surface area contributed by atoms with Crippen molar-refractivity contribution in [1.29, 1.82) is 0 Å². The molecule has 20 heavy (non-hydrogen) atoms. The maximum absolute atomic E-state index is 5.25. The van der Waals surface area contributed by atoms with Gasteiger partial charge in [-0.25, -0.2) is 4.98 Å². The van der Waals surface area contributed by atoms with E-state index in [1.807, 2.05) is 6.92 Å². The van der Waals surface area contributed by atoms with Crippen molar-refractivity contribution in [3.63, 3.8) is 0 Å². The molecule has 1 atom stereocenters. The highest BCUT2D eigenvalue weighted by Crippen LogP contribution is 2.27. The van der Waals surface area contributed by atoms with Crippen LogP contribution < -0.4 is 10.2 Å². The van der Waals surface area contributed by atoms with Crippen molar-refractivity contribution in [2.45, 2.75) is 45.7 Å². The van der Waals surface area contributed by atoms with Gasteiger partial charge in [0, 0.05) is 18.6 Å². The second-order valence-electron chi connectivity index (χ2n) is 5.68. The van der Waals surface area contributed by atoms with Crippen LogP contribution >= 0.6 is 0 Å². The highest BCUT2D eigenvalue weighted by atomic mass is 16.5. The van der Waals surface area contributed by atoms with Crippen LogP contribution in [-0.2, 0) is 0 Å². The Labute approximate surface area is 118 Å². The fourth-order valence-corrected chi connectivity index (χ4v) is 2.81. The van der Waals surface area contributed by atoms with Crippen molar-refractivity contribution in [2.24, 2.45) is 0 Å². The van der Waals surface area contributed by atoms with E-state index >= 15 is 0 Å². The van der Waals surface area contributed by atoms with E-state index in [1.54, 1.807) is 6.33 Å². The van der Waals surface area contributed by atoms with E-state index in [1.165, 1.54) is 12.8 Å². The fraction of sp³-hybridized carbons (Fsp3) is 0.643. The minimum atomic E-state index is 0.366. The van der Waals surface area contributed by atoms with Crippen molar-refractivity contribution in [1.82, 2.24) is 20.4 Å². The van der Waals surface area contributed by atoms with E-state index < -0.39 is 0 Å². The van der Waals surface area contributed by atoms with Gasteiger partial charge in [-0.3, -0.25) is 0 Å². The summed E-state index contributed by atoms with van der Waals surface area (Å²) in [7, 11) is 0. The predicted octanol–water partition coefficient (Wildman–Crippen LogP) is 1.89. The predicted molar refractivity (Wildman–Crippen MR) is 77.8 cm³/mol. The SMILES string of the molecule is Cc1noc2ncnc(N(CC3CCCN3)C(C)C)c12. The average molecular weight is 275 g/mol. The molecule has 6 heteroatoms. The number of nitrogens with zero attached hydrogens (tertiary/aromatic N) is 4. The van der Waals surface area contributed by atoms with Crippen molar-refractivity contribution < 1.29 is 4.52 Å². The zero-order valence-corrected chi connectivity index (χ0v) is 12.3. The molecular weight excluding hydrogens is 254 g/mol. The van der Waals surface area contributed by atoms with Crippen LogP contribution in [-0.4, -0.2) is 40.3 Å². The molecule has 2 aromatic heterocycles. The van der Waals surface area contributed by atoms with Crippen LogP contribution in [0.5, 0.6) is 0 Å². The Balaban J connectivity index is 1.98. The van der Waals surface area contributed by atoms with Gasteiger partial charge in [-0.1, -0.05) is 5.16 Å². The third-order valence-electron chi connectivity index (χ3n) is 3.90. The molecule has 108 valence electrons. The van der Waals surface area contributed by atoms with Crippen LogP contribution in [0.3, 0.4) is 0 Å². The number of fused-ring (bicyclic) bond motifs is 1. The van der Waals surface area contributed by atoms with E-state index in [0.29, 0.717) is 17.8 Å². The average Bonchev–Trinajstić information content (AvgIpc) is 3.06. The van der Waals surface area contributed by atoms with Crippen molar-refractivity contribution >= 4 is 16.9 Å². The summed E-state index contributed by atoms with van der Waals surface area (Å²) in [5, 5.41) is 8.48. The number of anilines is 1. The van der Waals surface area contributed by atoms with Gasteiger partial charge in [-0.15, -0.1) is 0 Å². The Kier molecular flexibility index (Phi) is 3.56. The molecule has 0 aliphatic carbocycles. The lowest BCUT2D eigenvalue weighted by atomic mass is 10.1. The molecule has 0 bridgehead atoms. The highest BCUT2D eigenvalue weighted by molar-refractivity contribution is 5.87. The summed E-state index contributed by atoms with van der Waals surface area (Å²) in [5.41, 5.74) is 1.41. The Morgan fingerprint density at radius 1 is 1.45 bits per heavy atom. The van der Waals surface area contributed by atoms with Crippen LogP contribution in [0, 0.1) is 6.92 Å². The quantitative estimate of drug-likeness (QED) is 0.919. The first kappa shape index (κ1) is 13.3. The van der Waals surface area contributed by atoms with E-state index in [0.717, 1.165) is 30.0 Å². The Hall–Kier alpha value is -1.69. The number of hydrogen-bond donors (Lipinski definition) is 1. The Morgan fingerprint density at radius 3 is 3.00 bits per heavy atom. The summed E-state index contributed by atoms with van der Waals surface area (Å²) in [6.45, 7) is 8.37. The molecule has 1 N–H and O–H groups in total. The Bertz CT molecular complexity index is 588. The molecule has 1 unspecified atom stereocenters. The molecule has 6 nitrogen and oxygen atoms in total. The van der Waals surface area contributed by atoms with Crippen LogP contribution in [0.1, 0.15) is 32.4 Å². The van der Waals surface area contributed by atoms with Crippen LogP contribution in [0.15, 0.2) is 10.9 Å². The maximum atomic E-state index is 5.25. The molecule has 3 rings (SSSR count). The molecule has 0 amide bonds. The molecule has 2 aromatic rings. The molecule has 1 fully saturated rings. The lowest BCUT2D eigenvalue weighted by Gasteiger charge is -2.30. The van der Waals surface area contributed by atoms with Gasteiger partial charge in [0.2, 0.25) is 0 Å². The molecule has 1 aliphatic heterocycles. The van der Waals surface area contributed by atoms with Crippen LogP contribution in [0.4, 0.5) is 5.82 Å². The topological polar surface area (TPSA) is 67.1 Å². The van der Waals surface area contributed by atoms with Crippen molar-refractivity contribution in [3.8, 4) is 0 Å². The molecule has 0 radical (unpaired) electrons. The standard InChI is InChI=1S/C14H21N5O/c1-9(2)19(7-11-5-4-6-15-11)13-12-10(3)18-20-14(12)17-8-16-13/h8-9,11,15H,4-7H2,1-3H3. The minimum absolute atomic E-state index is 0.366. The summed E-state index contributed by atoms with van der Waals surface area (Å²) >= 11 is 0. The number of nitrogens with one attached hydrogen (secondary N) is 1. The first-order chi connectivity index (χ1) is 9.66. The second kappa shape index (κ2) is 5.36. The van der Waals surface area contributed by atoms with E-state index in [9.17, 15) is 0 Å². The van der Waals surface area contributed by atoms with Gasteiger partial charge < -0.3 is 14.7 Å². The first-order valence-electron chi connectivity index (χ1n) is 7.24. The highest BCUT2D eigenvalue weighted by Gasteiger charge is 2.24. The normalized spacial score (nSPS) is 19.1. The lowest BCUT2D eigenvalue weighted by Crippen LogP contribution is -2.42. The third kappa shape index (κ3) is 2.35. The summed E-state index contributed by atoms with van der Waals surface area (Å²) in [5.74, 6) is 0.928. The molecule has 3 heterocycles. The van der Waals surface area contributed by atoms with E-state index in [2.05, 4.69) is 39.2 Å². The third-order valence-corrected chi connectivity index (χ3v) is 3.90. The maximum Gasteiger partial charge on any atom is 0.263 e. The molecule has 0 spiro atoms. The van der Waals surface area contributed by atoms with Gasteiger partial charge in [-0.2, -0.15) is 4.98 Å². The smallest absolute Gasteiger partial charge is 0.263 e. The van der Waals surface area contributed by atoms with E-state index in [4.69, 9.17) is 4.52 Å².